The molecule has 106 valence electrons. The first kappa shape index (κ1) is 12.3. The van der Waals surface area contributed by atoms with Crippen molar-refractivity contribution >= 4 is 0 Å². The summed E-state index contributed by atoms with van der Waals surface area (Å²) in [7, 11) is 2.20. The fraction of sp³-hybridized carbons (Fsp3) is 0.529. The van der Waals surface area contributed by atoms with Gasteiger partial charge in [0.25, 0.3) is 0 Å². The maximum atomic E-state index is 10.2. The summed E-state index contributed by atoms with van der Waals surface area (Å²) in [6, 6.07) is 4.32. The molecule has 0 aromatic heterocycles. The Morgan fingerprint density at radius 1 is 1.55 bits per heavy atom. The van der Waals surface area contributed by atoms with Crippen LogP contribution >= 0.6 is 0 Å². The third-order valence-electron chi connectivity index (χ3n) is 5.70. The predicted octanol–water partition coefficient (Wildman–Crippen LogP) is 2.47. The topological polar surface area (TPSA) is 32.7 Å². The fourth-order valence-corrected chi connectivity index (χ4v) is 5.01. The number of rotatable bonds is 2. The molecule has 3 heteroatoms. The number of phenolic OH excluding ortho intramolecular Hbond substituents is 1. The van der Waals surface area contributed by atoms with Crippen LogP contribution in [0.5, 0.6) is 11.5 Å². The molecule has 1 aromatic carbocycles. The zero-order valence-electron chi connectivity index (χ0n) is 12.1. The Hall–Kier alpha value is -1.48. The summed E-state index contributed by atoms with van der Waals surface area (Å²) in [6.07, 6.45) is 4.26. The molecule has 20 heavy (non-hydrogen) atoms. The van der Waals surface area contributed by atoms with Gasteiger partial charge in [-0.1, -0.05) is 19.1 Å². The SMILES string of the molecule is C=CC1CN(C)C2Cc3ccc(O)c4c3C12C(CC)O4. The van der Waals surface area contributed by atoms with Crippen LogP contribution in [0, 0.1) is 5.92 Å². The zero-order chi connectivity index (χ0) is 14.1. The van der Waals surface area contributed by atoms with E-state index in [1.165, 1.54) is 11.1 Å². The maximum Gasteiger partial charge on any atom is 0.165 e. The van der Waals surface area contributed by atoms with Crippen molar-refractivity contribution in [1.29, 1.82) is 0 Å². The highest BCUT2D eigenvalue weighted by molar-refractivity contribution is 5.63. The largest absolute Gasteiger partial charge is 0.504 e. The molecule has 1 aromatic rings. The van der Waals surface area contributed by atoms with Crippen LogP contribution in [0.15, 0.2) is 24.8 Å². The molecule has 1 fully saturated rings. The van der Waals surface area contributed by atoms with Gasteiger partial charge in [0.05, 0.1) is 5.41 Å². The first-order chi connectivity index (χ1) is 9.64. The van der Waals surface area contributed by atoms with Crippen molar-refractivity contribution < 1.29 is 9.84 Å². The average Bonchev–Trinajstić information content (AvgIpc) is 3.04. The van der Waals surface area contributed by atoms with Gasteiger partial charge in [0.15, 0.2) is 11.5 Å². The summed E-state index contributed by atoms with van der Waals surface area (Å²) in [4.78, 5) is 2.45. The number of likely N-dealkylation sites (tertiary alicyclic amines) is 1. The molecule has 0 bridgehead atoms. The minimum atomic E-state index is -0.00530. The average molecular weight is 271 g/mol. The lowest BCUT2D eigenvalue weighted by atomic mass is 9.68. The Morgan fingerprint density at radius 3 is 3.05 bits per heavy atom. The van der Waals surface area contributed by atoms with Gasteiger partial charge in [-0.05, 0) is 31.5 Å². The molecule has 1 saturated heterocycles. The molecular weight excluding hydrogens is 250 g/mol. The first-order valence-electron chi connectivity index (χ1n) is 7.49. The van der Waals surface area contributed by atoms with Crippen molar-refractivity contribution in [3.8, 4) is 11.5 Å². The Kier molecular flexibility index (Phi) is 2.33. The summed E-state index contributed by atoms with van der Waals surface area (Å²) >= 11 is 0. The maximum absolute atomic E-state index is 10.2. The molecule has 1 aliphatic carbocycles. The van der Waals surface area contributed by atoms with E-state index in [1.54, 1.807) is 6.07 Å². The van der Waals surface area contributed by atoms with Crippen LogP contribution in [0.2, 0.25) is 0 Å². The number of hydrogen-bond donors (Lipinski definition) is 1. The molecular formula is C17H21NO2. The van der Waals surface area contributed by atoms with E-state index >= 15 is 0 Å². The van der Waals surface area contributed by atoms with Crippen molar-refractivity contribution in [2.45, 2.75) is 37.3 Å². The van der Waals surface area contributed by atoms with E-state index in [1.807, 2.05) is 0 Å². The highest BCUT2D eigenvalue weighted by Gasteiger charge is 2.65. The number of phenols is 1. The lowest BCUT2D eigenvalue weighted by Crippen LogP contribution is -2.48. The monoisotopic (exact) mass is 271 g/mol. The fourth-order valence-electron chi connectivity index (χ4n) is 5.01. The van der Waals surface area contributed by atoms with E-state index in [2.05, 4.69) is 37.6 Å². The quantitative estimate of drug-likeness (QED) is 0.839. The number of aromatic hydroxyl groups is 1. The molecule has 2 heterocycles. The zero-order valence-corrected chi connectivity index (χ0v) is 12.1. The molecule has 4 rings (SSSR count). The third kappa shape index (κ3) is 1.12. The normalized spacial score (nSPS) is 37.6. The molecule has 1 N–H and O–H groups in total. The van der Waals surface area contributed by atoms with Gasteiger partial charge in [0, 0.05) is 24.1 Å². The Labute approximate surface area is 119 Å². The van der Waals surface area contributed by atoms with Crippen LogP contribution in [-0.2, 0) is 11.8 Å². The lowest BCUT2D eigenvalue weighted by molar-refractivity contribution is 0.102. The van der Waals surface area contributed by atoms with Crippen molar-refractivity contribution in [1.82, 2.24) is 4.90 Å². The van der Waals surface area contributed by atoms with Gasteiger partial charge in [-0.3, -0.25) is 0 Å². The van der Waals surface area contributed by atoms with E-state index in [0.717, 1.165) is 25.1 Å². The molecule has 3 nitrogen and oxygen atoms in total. The van der Waals surface area contributed by atoms with Crippen LogP contribution in [-0.4, -0.2) is 35.7 Å². The Bertz CT molecular complexity index is 597. The van der Waals surface area contributed by atoms with Crippen LogP contribution in [0.3, 0.4) is 0 Å². The van der Waals surface area contributed by atoms with E-state index in [4.69, 9.17) is 4.74 Å². The second-order valence-corrected chi connectivity index (χ2v) is 6.40. The molecule has 4 atom stereocenters. The molecule has 0 amide bonds. The Morgan fingerprint density at radius 2 is 2.35 bits per heavy atom. The van der Waals surface area contributed by atoms with Gasteiger partial charge in [-0.15, -0.1) is 6.58 Å². The van der Waals surface area contributed by atoms with Crippen LogP contribution in [0.4, 0.5) is 0 Å². The number of benzene rings is 1. The lowest BCUT2D eigenvalue weighted by Gasteiger charge is -2.36. The van der Waals surface area contributed by atoms with Gasteiger partial charge >= 0.3 is 0 Å². The molecule has 2 aliphatic heterocycles. The minimum Gasteiger partial charge on any atom is -0.504 e. The molecule has 4 unspecified atom stereocenters. The summed E-state index contributed by atoms with van der Waals surface area (Å²) in [6.45, 7) is 7.28. The minimum absolute atomic E-state index is 0.00530. The van der Waals surface area contributed by atoms with Crippen LogP contribution in [0.25, 0.3) is 0 Å². The van der Waals surface area contributed by atoms with Crippen molar-refractivity contribution in [2.75, 3.05) is 13.6 Å². The second-order valence-electron chi connectivity index (χ2n) is 6.40. The van der Waals surface area contributed by atoms with Gasteiger partial charge in [0.1, 0.15) is 6.10 Å². The number of likely N-dealkylation sites (N-methyl/N-ethyl adjacent to an activating group) is 1. The van der Waals surface area contributed by atoms with Crippen molar-refractivity contribution in [2.24, 2.45) is 5.92 Å². The van der Waals surface area contributed by atoms with Crippen molar-refractivity contribution in [3.05, 3.63) is 35.9 Å². The number of ether oxygens (including phenoxy) is 1. The Balaban J connectivity index is 2.02. The van der Waals surface area contributed by atoms with Gasteiger partial charge in [-0.25, -0.2) is 0 Å². The van der Waals surface area contributed by atoms with Gasteiger partial charge in [0.2, 0.25) is 0 Å². The summed E-state index contributed by atoms with van der Waals surface area (Å²) in [5.41, 5.74) is 2.61. The number of nitrogens with zero attached hydrogens (tertiary/aromatic N) is 1. The smallest absolute Gasteiger partial charge is 0.165 e. The van der Waals surface area contributed by atoms with Gasteiger partial charge in [-0.2, -0.15) is 0 Å². The van der Waals surface area contributed by atoms with Gasteiger partial charge < -0.3 is 14.7 Å². The second kappa shape index (κ2) is 3.79. The van der Waals surface area contributed by atoms with E-state index in [0.29, 0.717) is 12.0 Å². The summed E-state index contributed by atoms with van der Waals surface area (Å²) in [5, 5.41) is 10.2. The number of hydrogen-bond acceptors (Lipinski definition) is 3. The molecule has 1 spiro atoms. The predicted molar refractivity (Wildman–Crippen MR) is 78.3 cm³/mol. The van der Waals surface area contributed by atoms with Crippen LogP contribution in [0.1, 0.15) is 24.5 Å². The van der Waals surface area contributed by atoms with E-state index in [9.17, 15) is 5.11 Å². The van der Waals surface area contributed by atoms with Crippen molar-refractivity contribution in [3.63, 3.8) is 0 Å². The first-order valence-corrected chi connectivity index (χ1v) is 7.49. The standard InChI is InChI=1S/C17H21NO2/c1-4-11-9-18(3)13-8-10-6-7-12(19)16-15(10)17(11,13)14(5-2)20-16/h4,6-7,11,13-14,19H,1,5,8-9H2,2-3H3. The van der Waals surface area contributed by atoms with E-state index in [-0.39, 0.29) is 17.3 Å². The summed E-state index contributed by atoms with van der Waals surface area (Å²) in [5.74, 6) is 1.42. The highest BCUT2D eigenvalue weighted by Crippen LogP contribution is 2.62. The van der Waals surface area contributed by atoms with E-state index < -0.39 is 0 Å². The molecule has 0 saturated carbocycles. The highest BCUT2D eigenvalue weighted by atomic mass is 16.5. The molecule has 0 radical (unpaired) electrons. The van der Waals surface area contributed by atoms with Crippen LogP contribution < -0.4 is 4.74 Å². The molecule has 3 aliphatic rings. The summed E-state index contributed by atoms with van der Waals surface area (Å²) < 4.78 is 6.19. The third-order valence-corrected chi connectivity index (χ3v) is 5.70.